The second-order valence-electron chi connectivity index (χ2n) is 4.37. The van der Waals surface area contributed by atoms with Gasteiger partial charge in [0.25, 0.3) is 0 Å². The first-order valence-electron chi connectivity index (χ1n) is 5.96. The molecule has 0 aliphatic carbocycles. The van der Waals surface area contributed by atoms with E-state index in [0.717, 1.165) is 20.9 Å². The minimum Gasteiger partial charge on any atom is -0.313 e. The van der Waals surface area contributed by atoms with Crippen molar-refractivity contribution in [3.63, 3.8) is 0 Å². The molecule has 0 aromatic heterocycles. The number of likely N-dealkylation sites (N-methyl/N-ethyl adjacent to an activating group) is 1. The van der Waals surface area contributed by atoms with Crippen LogP contribution in [0.4, 0.5) is 4.39 Å². The van der Waals surface area contributed by atoms with Crippen molar-refractivity contribution in [1.82, 2.24) is 5.32 Å². The van der Waals surface area contributed by atoms with Crippen LogP contribution < -0.4 is 5.32 Å². The molecule has 1 atom stereocenters. The third kappa shape index (κ3) is 4.13. The molecule has 0 aliphatic rings. The number of nitrogens with one attached hydrogen (secondary N) is 1. The summed E-state index contributed by atoms with van der Waals surface area (Å²) in [6.45, 7) is 0. The molecule has 0 spiro atoms. The Kier molecular flexibility index (Phi) is 5.13. The Labute approximate surface area is 129 Å². The maximum atomic E-state index is 13.4. The molecule has 0 bridgehead atoms. The van der Waals surface area contributed by atoms with Crippen molar-refractivity contribution >= 4 is 31.9 Å². The Morgan fingerprint density at radius 3 is 2.32 bits per heavy atom. The van der Waals surface area contributed by atoms with Gasteiger partial charge in [-0.2, -0.15) is 0 Å². The quantitative estimate of drug-likeness (QED) is 0.791. The van der Waals surface area contributed by atoms with Crippen LogP contribution in [-0.4, -0.2) is 7.05 Å². The van der Waals surface area contributed by atoms with Crippen LogP contribution in [-0.2, 0) is 6.42 Å². The van der Waals surface area contributed by atoms with Crippen molar-refractivity contribution in [2.24, 2.45) is 0 Å². The normalized spacial score (nSPS) is 12.4. The summed E-state index contributed by atoms with van der Waals surface area (Å²) < 4.78 is 15.2. The lowest BCUT2D eigenvalue weighted by Gasteiger charge is -2.17. The summed E-state index contributed by atoms with van der Waals surface area (Å²) in [5.74, 6) is -0.213. The monoisotopic (exact) mass is 385 g/mol. The van der Waals surface area contributed by atoms with Crippen molar-refractivity contribution in [1.29, 1.82) is 0 Å². The van der Waals surface area contributed by atoms with Crippen LogP contribution in [0, 0.1) is 5.82 Å². The highest BCUT2D eigenvalue weighted by Gasteiger charge is 2.11. The van der Waals surface area contributed by atoms with Crippen LogP contribution in [0.1, 0.15) is 17.2 Å². The van der Waals surface area contributed by atoms with E-state index in [4.69, 9.17) is 0 Å². The molecule has 0 heterocycles. The van der Waals surface area contributed by atoms with Crippen molar-refractivity contribution < 1.29 is 4.39 Å². The second-order valence-corrected chi connectivity index (χ2v) is 6.21. The molecule has 1 unspecified atom stereocenters. The van der Waals surface area contributed by atoms with Crippen LogP contribution in [0.5, 0.6) is 0 Å². The van der Waals surface area contributed by atoms with Crippen molar-refractivity contribution in [3.05, 3.63) is 68.4 Å². The van der Waals surface area contributed by atoms with Crippen LogP contribution >= 0.6 is 31.9 Å². The minimum atomic E-state index is -0.213. The highest BCUT2D eigenvalue weighted by molar-refractivity contribution is 9.10. The highest BCUT2D eigenvalue weighted by atomic mass is 79.9. The number of hydrogen-bond donors (Lipinski definition) is 1. The molecule has 0 radical (unpaired) electrons. The standard InChI is InChI=1S/C15H14Br2FN/c1-19-15(11-2-4-12(16)5-3-11)8-10-6-13(17)9-14(18)7-10/h2-7,9,15,19H,8H2,1H3. The van der Waals surface area contributed by atoms with E-state index in [0.29, 0.717) is 0 Å². The van der Waals surface area contributed by atoms with Gasteiger partial charge in [0, 0.05) is 15.0 Å². The Morgan fingerprint density at radius 2 is 1.74 bits per heavy atom. The summed E-state index contributed by atoms with van der Waals surface area (Å²) in [6, 6.07) is 13.3. The van der Waals surface area contributed by atoms with Crippen LogP contribution in [0.3, 0.4) is 0 Å². The number of rotatable bonds is 4. The van der Waals surface area contributed by atoms with Crippen molar-refractivity contribution in [3.8, 4) is 0 Å². The topological polar surface area (TPSA) is 12.0 Å². The van der Waals surface area contributed by atoms with Gasteiger partial charge < -0.3 is 5.32 Å². The molecule has 0 fully saturated rings. The van der Waals surface area contributed by atoms with Gasteiger partial charge in [-0.25, -0.2) is 4.39 Å². The fraction of sp³-hybridized carbons (Fsp3) is 0.200. The number of hydrogen-bond acceptors (Lipinski definition) is 1. The molecule has 1 nitrogen and oxygen atoms in total. The fourth-order valence-corrected chi connectivity index (χ4v) is 2.82. The molecule has 2 aromatic carbocycles. The Morgan fingerprint density at radius 1 is 1.05 bits per heavy atom. The van der Waals surface area contributed by atoms with E-state index in [9.17, 15) is 4.39 Å². The molecule has 19 heavy (non-hydrogen) atoms. The van der Waals surface area contributed by atoms with Crippen molar-refractivity contribution in [2.75, 3.05) is 7.05 Å². The van der Waals surface area contributed by atoms with E-state index in [2.05, 4.69) is 49.3 Å². The van der Waals surface area contributed by atoms with Gasteiger partial charge in [-0.1, -0.05) is 44.0 Å². The maximum Gasteiger partial charge on any atom is 0.124 e. The first-order chi connectivity index (χ1) is 9.08. The van der Waals surface area contributed by atoms with Gasteiger partial charge in [-0.05, 0) is 54.9 Å². The zero-order chi connectivity index (χ0) is 13.8. The molecule has 0 aliphatic heterocycles. The molecular formula is C15H14Br2FN. The predicted molar refractivity (Wildman–Crippen MR) is 83.7 cm³/mol. The molecule has 1 N–H and O–H groups in total. The van der Waals surface area contributed by atoms with Gasteiger partial charge >= 0.3 is 0 Å². The lowest BCUT2D eigenvalue weighted by Crippen LogP contribution is -2.18. The molecule has 0 saturated carbocycles. The van der Waals surface area contributed by atoms with Gasteiger partial charge in [0.15, 0.2) is 0 Å². The molecule has 100 valence electrons. The van der Waals surface area contributed by atoms with E-state index in [-0.39, 0.29) is 11.9 Å². The Bertz CT molecular complexity index is 534. The molecule has 0 amide bonds. The molecule has 2 aromatic rings. The fourth-order valence-electron chi connectivity index (χ4n) is 2.05. The van der Waals surface area contributed by atoms with Gasteiger partial charge in [0.05, 0.1) is 0 Å². The summed E-state index contributed by atoms with van der Waals surface area (Å²) in [7, 11) is 1.92. The van der Waals surface area contributed by atoms with E-state index in [1.807, 2.05) is 25.2 Å². The molecule has 2 rings (SSSR count). The smallest absolute Gasteiger partial charge is 0.124 e. The number of halogens is 3. The maximum absolute atomic E-state index is 13.4. The Hall–Kier alpha value is -0.710. The summed E-state index contributed by atoms with van der Waals surface area (Å²) in [4.78, 5) is 0. The summed E-state index contributed by atoms with van der Waals surface area (Å²) >= 11 is 6.75. The Balaban J connectivity index is 2.21. The van der Waals surface area contributed by atoms with Crippen molar-refractivity contribution in [2.45, 2.75) is 12.5 Å². The highest BCUT2D eigenvalue weighted by Crippen LogP contribution is 2.23. The summed E-state index contributed by atoms with van der Waals surface area (Å²) in [6.07, 6.45) is 0.745. The third-order valence-electron chi connectivity index (χ3n) is 2.98. The average molecular weight is 387 g/mol. The molecule has 4 heteroatoms. The van der Waals surface area contributed by atoms with Crippen LogP contribution in [0.15, 0.2) is 51.4 Å². The van der Waals surface area contributed by atoms with E-state index in [1.54, 1.807) is 6.07 Å². The first-order valence-corrected chi connectivity index (χ1v) is 7.55. The average Bonchev–Trinajstić information content (AvgIpc) is 2.36. The summed E-state index contributed by atoms with van der Waals surface area (Å²) in [5, 5.41) is 3.27. The lowest BCUT2D eigenvalue weighted by atomic mass is 9.99. The van der Waals surface area contributed by atoms with E-state index >= 15 is 0 Å². The third-order valence-corrected chi connectivity index (χ3v) is 3.97. The second kappa shape index (κ2) is 6.64. The first kappa shape index (κ1) is 14.7. The van der Waals surface area contributed by atoms with Crippen LogP contribution in [0.2, 0.25) is 0 Å². The van der Waals surface area contributed by atoms with Gasteiger partial charge in [-0.15, -0.1) is 0 Å². The molecule has 0 saturated heterocycles. The predicted octanol–water partition coefficient (Wildman–Crippen LogP) is 4.85. The molecular weight excluding hydrogens is 373 g/mol. The number of benzene rings is 2. The SMILES string of the molecule is CNC(Cc1cc(F)cc(Br)c1)c1ccc(Br)cc1. The van der Waals surface area contributed by atoms with Gasteiger partial charge in [0.1, 0.15) is 5.82 Å². The zero-order valence-corrected chi connectivity index (χ0v) is 13.6. The lowest BCUT2D eigenvalue weighted by molar-refractivity contribution is 0.583. The van der Waals surface area contributed by atoms with Crippen LogP contribution in [0.25, 0.3) is 0 Å². The van der Waals surface area contributed by atoms with Gasteiger partial charge in [0.2, 0.25) is 0 Å². The van der Waals surface area contributed by atoms with E-state index < -0.39 is 0 Å². The largest absolute Gasteiger partial charge is 0.313 e. The summed E-state index contributed by atoms with van der Waals surface area (Å²) in [5.41, 5.74) is 2.15. The zero-order valence-electron chi connectivity index (χ0n) is 10.5. The van der Waals surface area contributed by atoms with Gasteiger partial charge in [-0.3, -0.25) is 0 Å². The minimum absolute atomic E-state index is 0.168. The van der Waals surface area contributed by atoms with E-state index in [1.165, 1.54) is 11.6 Å².